The lowest BCUT2D eigenvalue weighted by atomic mass is 9.98. The summed E-state index contributed by atoms with van der Waals surface area (Å²) in [7, 11) is 6.05. The first kappa shape index (κ1) is 28.7. The van der Waals surface area contributed by atoms with E-state index in [4.69, 9.17) is 18.9 Å². The smallest absolute Gasteiger partial charge is 0.247 e. The van der Waals surface area contributed by atoms with E-state index in [1.165, 1.54) is 30.9 Å². The van der Waals surface area contributed by atoms with Crippen molar-refractivity contribution in [2.45, 2.75) is 45.3 Å². The van der Waals surface area contributed by atoms with Gasteiger partial charge >= 0.3 is 0 Å². The van der Waals surface area contributed by atoms with Gasteiger partial charge in [-0.15, -0.1) is 5.10 Å². The second-order valence-electron chi connectivity index (χ2n) is 9.40. The Morgan fingerprint density at radius 2 is 1.71 bits per heavy atom. The standard InChI is InChI=1S/C27H37N5O6/c1-8-27(2,3)28-26(34)24(18-15-21(36-5)25(38-7)22(16-18)37-6)31(13-14-35-4)23(33)17-32-20-12-10-9-11-19(20)29-30-32/h9-12,15-16,24H,8,13-14,17H2,1-7H3,(H,28,34)/t24-/m0/s1. The number of benzene rings is 2. The molecule has 3 aromatic rings. The SMILES string of the molecule is CCC(C)(C)NC(=O)[C@H](c1cc(OC)c(OC)c(OC)c1)N(CCOC)C(=O)Cn1nnc2ccccc21. The minimum atomic E-state index is -1.02. The van der Waals surface area contributed by atoms with Crippen molar-refractivity contribution < 1.29 is 28.5 Å². The highest BCUT2D eigenvalue weighted by atomic mass is 16.5. The van der Waals surface area contributed by atoms with Crippen molar-refractivity contribution >= 4 is 22.8 Å². The van der Waals surface area contributed by atoms with Crippen LogP contribution in [0.2, 0.25) is 0 Å². The highest BCUT2D eigenvalue weighted by Gasteiger charge is 2.35. The summed E-state index contributed by atoms with van der Waals surface area (Å²) in [5, 5.41) is 11.4. The molecule has 3 rings (SSSR count). The second kappa shape index (κ2) is 12.6. The molecule has 38 heavy (non-hydrogen) atoms. The summed E-state index contributed by atoms with van der Waals surface area (Å²) in [6, 6.07) is 9.72. The summed E-state index contributed by atoms with van der Waals surface area (Å²) < 4.78 is 23.4. The molecule has 0 saturated carbocycles. The summed E-state index contributed by atoms with van der Waals surface area (Å²) in [4.78, 5) is 29.3. The summed E-state index contributed by atoms with van der Waals surface area (Å²) in [6.07, 6.45) is 0.692. The van der Waals surface area contributed by atoms with Crippen LogP contribution in [0.4, 0.5) is 0 Å². The van der Waals surface area contributed by atoms with Crippen molar-refractivity contribution in [2.75, 3.05) is 41.6 Å². The quantitative estimate of drug-likeness (QED) is 0.361. The van der Waals surface area contributed by atoms with E-state index in [-0.39, 0.29) is 31.5 Å². The Morgan fingerprint density at radius 1 is 1.05 bits per heavy atom. The molecule has 0 bridgehead atoms. The minimum absolute atomic E-state index is 0.115. The number of amides is 2. The van der Waals surface area contributed by atoms with Crippen LogP contribution in [0.15, 0.2) is 36.4 Å². The molecule has 1 N–H and O–H groups in total. The van der Waals surface area contributed by atoms with E-state index < -0.39 is 11.6 Å². The number of nitrogens with one attached hydrogen (secondary N) is 1. The molecule has 0 fully saturated rings. The second-order valence-corrected chi connectivity index (χ2v) is 9.40. The zero-order valence-electron chi connectivity index (χ0n) is 23.1. The molecule has 0 saturated heterocycles. The number of methoxy groups -OCH3 is 4. The number of aromatic nitrogens is 3. The van der Waals surface area contributed by atoms with Crippen molar-refractivity contribution in [1.29, 1.82) is 0 Å². The molecule has 1 heterocycles. The lowest BCUT2D eigenvalue weighted by Gasteiger charge is -2.35. The van der Waals surface area contributed by atoms with E-state index in [9.17, 15) is 9.59 Å². The van der Waals surface area contributed by atoms with Crippen molar-refractivity contribution in [3.8, 4) is 17.2 Å². The van der Waals surface area contributed by atoms with Gasteiger partial charge in [0.1, 0.15) is 18.1 Å². The molecule has 0 aliphatic carbocycles. The molecule has 11 nitrogen and oxygen atoms in total. The van der Waals surface area contributed by atoms with Crippen LogP contribution in [0.3, 0.4) is 0 Å². The summed E-state index contributed by atoms with van der Waals surface area (Å²) in [5.41, 5.74) is 1.38. The fourth-order valence-electron chi connectivity index (χ4n) is 4.06. The first-order valence-corrected chi connectivity index (χ1v) is 12.4. The van der Waals surface area contributed by atoms with Crippen molar-refractivity contribution in [3.63, 3.8) is 0 Å². The maximum atomic E-state index is 13.9. The van der Waals surface area contributed by atoms with Crippen molar-refractivity contribution in [2.24, 2.45) is 0 Å². The van der Waals surface area contributed by atoms with Gasteiger partial charge in [-0.05, 0) is 50.1 Å². The largest absolute Gasteiger partial charge is 0.493 e. The predicted molar refractivity (Wildman–Crippen MR) is 142 cm³/mol. The number of carbonyl (C=O) groups excluding carboxylic acids is 2. The number of carbonyl (C=O) groups is 2. The van der Waals surface area contributed by atoms with Gasteiger partial charge in [-0.25, -0.2) is 4.68 Å². The van der Waals surface area contributed by atoms with Gasteiger partial charge in [-0.1, -0.05) is 24.3 Å². The predicted octanol–water partition coefficient (Wildman–Crippen LogP) is 2.98. The van der Waals surface area contributed by atoms with E-state index in [2.05, 4.69) is 15.6 Å². The monoisotopic (exact) mass is 527 g/mol. The van der Waals surface area contributed by atoms with E-state index in [0.29, 0.717) is 40.3 Å². The van der Waals surface area contributed by atoms with Crippen LogP contribution in [0.5, 0.6) is 17.2 Å². The average Bonchev–Trinajstić information content (AvgIpc) is 3.32. The van der Waals surface area contributed by atoms with Crippen LogP contribution in [0.25, 0.3) is 11.0 Å². The molecule has 2 aromatic carbocycles. The summed E-state index contributed by atoms with van der Waals surface area (Å²) >= 11 is 0. The van der Waals surface area contributed by atoms with Crippen LogP contribution >= 0.6 is 0 Å². The molecule has 2 amide bonds. The average molecular weight is 528 g/mol. The molecule has 1 aromatic heterocycles. The zero-order valence-corrected chi connectivity index (χ0v) is 23.1. The number of rotatable bonds is 13. The molecule has 0 aliphatic heterocycles. The third kappa shape index (κ3) is 6.34. The van der Waals surface area contributed by atoms with Crippen LogP contribution in [0.1, 0.15) is 38.8 Å². The highest BCUT2D eigenvalue weighted by Crippen LogP contribution is 2.41. The van der Waals surface area contributed by atoms with Gasteiger partial charge in [0, 0.05) is 19.2 Å². The number of nitrogens with zero attached hydrogens (tertiary/aromatic N) is 4. The van der Waals surface area contributed by atoms with E-state index in [0.717, 1.165) is 0 Å². The Bertz CT molecular complexity index is 1230. The van der Waals surface area contributed by atoms with E-state index in [1.807, 2.05) is 45.0 Å². The van der Waals surface area contributed by atoms with Crippen LogP contribution in [0, 0.1) is 0 Å². The van der Waals surface area contributed by atoms with Crippen LogP contribution in [-0.4, -0.2) is 78.8 Å². The Labute approximate surface area is 223 Å². The van der Waals surface area contributed by atoms with Gasteiger partial charge in [0.05, 0.1) is 33.5 Å². The van der Waals surface area contributed by atoms with Crippen molar-refractivity contribution in [3.05, 3.63) is 42.0 Å². The minimum Gasteiger partial charge on any atom is -0.493 e. The van der Waals surface area contributed by atoms with Gasteiger partial charge < -0.3 is 29.2 Å². The molecule has 0 aliphatic rings. The van der Waals surface area contributed by atoms with E-state index in [1.54, 1.807) is 19.2 Å². The molecular formula is C27H37N5O6. The highest BCUT2D eigenvalue weighted by molar-refractivity contribution is 5.90. The maximum Gasteiger partial charge on any atom is 0.247 e. The third-order valence-corrected chi connectivity index (χ3v) is 6.47. The Hall–Kier alpha value is -3.86. The van der Waals surface area contributed by atoms with Crippen LogP contribution < -0.4 is 19.5 Å². The normalized spacial score (nSPS) is 12.2. The number of hydrogen-bond acceptors (Lipinski definition) is 8. The number of hydrogen-bond donors (Lipinski definition) is 1. The Kier molecular flexibility index (Phi) is 9.51. The van der Waals surface area contributed by atoms with Gasteiger partial charge in [0.15, 0.2) is 11.5 Å². The molecule has 0 spiro atoms. The maximum absolute atomic E-state index is 13.9. The van der Waals surface area contributed by atoms with Crippen molar-refractivity contribution in [1.82, 2.24) is 25.2 Å². The van der Waals surface area contributed by atoms with Gasteiger partial charge in [-0.2, -0.15) is 0 Å². The lowest BCUT2D eigenvalue weighted by Crippen LogP contribution is -2.51. The van der Waals surface area contributed by atoms with Crippen LogP contribution in [-0.2, 0) is 20.9 Å². The van der Waals surface area contributed by atoms with E-state index >= 15 is 0 Å². The Morgan fingerprint density at radius 3 is 2.29 bits per heavy atom. The molecule has 1 atom stereocenters. The fraction of sp³-hybridized carbons (Fsp3) is 0.481. The number of para-hydroxylation sites is 1. The zero-order chi connectivity index (χ0) is 27.9. The molecule has 206 valence electrons. The lowest BCUT2D eigenvalue weighted by molar-refractivity contribution is -0.143. The fourth-order valence-corrected chi connectivity index (χ4v) is 4.06. The molecule has 0 unspecified atom stereocenters. The van der Waals surface area contributed by atoms with Gasteiger partial charge in [-0.3, -0.25) is 9.59 Å². The summed E-state index contributed by atoms with van der Waals surface area (Å²) in [5.74, 6) is 0.446. The van der Waals surface area contributed by atoms with Gasteiger partial charge in [0.2, 0.25) is 17.6 Å². The number of ether oxygens (including phenoxy) is 4. The summed E-state index contributed by atoms with van der Waals surface area (Å²) in [6.45, 7) is 6.10. The number of fused-ring (bicyclic) bond motifs is 1. The Balaban J connectivity index is 2.12. The first-order chi connectivity index (χ1) is 18.2. The third-order valence-electron chi connectivity index (χ3n) is 6.47. The molecule has 0 radical (unpaired) electrons. The first-order valence-electron chi connectivity index (χ1n) is 12.4. The van der Waals surface area contributed by atoms with Gasteiger partial charge in [0.25, 0.3) is 0 Å². The topological polar surface area (TPSA) is 117 Å². The molecule has 11 heteroatoms. The molecular weight excluding hydrogens is 490 g/mol.